The Labute approximate surface area is 87.5 Å². The van der Waals surface area contributed by atoms with E-state index in [9.17, 15) is 8.78 Å². The molecule has 3 nitrogen and oxygen atoms in total. The van der Waals surface area contributed by atoms with Crippen LogP contribution < -0.4 is 4.74 Å². The second kappa shape index (κ2) is 4.33. The summed E-state index contributed by atoms with van der Waals surface area (Å²) in [5.41, 5.74) is -0.315. The Hall–Kier alpha value is -1.22. The highest BCUT2D eigenvalue weighted by atomic mass is 79.9. The first-order valence-corrected chi connectivity index (χ1v) is 4.31. The first kappa shape index (κ1) is 10.9. The van der Waals surface area contributed by atoms with Gasteiger partial charge in [-0.1, -0.05) is 0 Å². The summed E-state index contributed by atoms with van der Waals surface area (Å²) < 4.78 is 29.7. The summed E-state index contributed by atoms with van der Waals surface area (Å²) in [7, 11) is 1.26. The van der Waals surface area contributed by atoms with Gasteiger partial charge in [0, 0.05) is 6.20 Å². The molecule has 0 amide bonds. The Morgan fingerprint density at radius 1 is 1.64 bits per heavy atom. The number of pyridine rings is 1. The number of ether oxygens (including phenoxy) is 1. The normalized spacial score (nSPS) is 10.0. The molecular weight excluding hydrogens is 258 g/mol. The smallest absolute Gasteiger partial charge is 0.268 e. The van der Waals surface area contributed by atoms with E-state index in [0.29, 0.717) is 0 Å². The Kier molecular flexibility index (Phi) is 3.36. The molecule has 0 bridgehead atoms. The molecule has 6 heteroatoms. The first-order chi connectivity index (χ1) is 6.61. The fourth-order valence-electron chi connectivity index (χ4n) is 0.925. The molecule has 1 rings (SSSR count). The Morgan fingerprint density at radius 3 is 2.71 bits per heavy atom. The van der Waals surface area contributed by atoms with Crippen LogP contribution in [-0.2, 0) is 0 Å². The molecule has 0 atom stereocenters. The molecule has 1 aromatic rings. The number of rotatable bonds is 2. The van der Waals surface area contributed by atoms with Crippen LogP contribution in [0, 0.1) is 11.3 Å². The third-order valence-electron chi connectivity index (χ3n) is 1.55. The van der Waals surface area contributed by atoms with E-state index in [1.165, 1.54) is 7.11 Å². The molecule has 0 saturated heterocycles. The second-order valence-electron chi connectivity index (χ2n) is 2.32. The van der Waals surface area contributed by atoms with Crippen molar-refractivity contribution in [1.29, 1.82) is 5.26 Å². The maximum absolute atomic E-state index is 12.4. The van der Waals surface area contributed by atoms with Crippen molar-refractivity contribution in [3.05, 3.63) is 21.9 Å². The van der Waals surface area contributed by atoms with Gasteiger partial charge in [0.05, 0.1) is 17.1 Å². The number of aromatic nitrogens is 1. The van der Waals surface area contributed by atoms with Gasteiger partial charge in [-0.3, -0.25) is 0 Å². The molecule has 74 valence electrons. The third kappa shape index (κ3) is 1.82. The van der Waals surface area contributed by atoms with Crippen LogP contribution in [0.4, 0.5) is 8.78 Å². The monoisotopic (exact) mass is 262 g/mol. The maximum Gasteiger partial charge on any atom is 0.268 e. The van der Waals surface area contributed by atoms with Crippen molar-refractivity contribution in [2.24, 2.45) is 0 Å². The number of hydrogen-bond acceptors (Lipinski definition) is 3. The summed E-state index contributed by atoms with van der Waals surface area (Å²) in [5, 5.41) is 8.58. The van der Waals surface area contributed by atoms with Gasteiger partial charge in [0.1, 0.15) is 11.8 Å². The minimum absolute atomic E-state index is 0.0197. The Morgan fingerprint density at radius 2 is 2.29 bits per heavy atom. The van der Waals surface area contributed by atoms with Crippen LogP contribution in [-0.4, -0.2) is 12.1 Å². The zero-order valence-electron chi connectivity index (χ0n) is 7.09. The lowest BCUT2D eigenvalue weighted by atomic mass is 10.2. The molecule has 0 saturated carbocycles. The van der Waals surface area contributed by atoms with Crippen LogP contribution in [0.2, 0.25) is 0 Å². The van der Waals surface area contributed by atoms with Crippen LogP contribution in [0.3, 0.4) is 0 Å². The van der Waals surface area contributed by atoms with Gasteiger partial charge < -0.3 is 4.74 Å². The largest absolute Gasteiger partial charge is 0.495 e. The molecule has 0 fully saturated rings. The van der Waals surface area contributed by atoms with E-state index in [-0.39, 0.29) is 21.5 Å². The third-order valence-corrected chi connectivity index (χ3v) is 2.28. The van der Waals surface area contributed by atoms with Crippen molar-refractivity contribution in [3.63, 3.8) is 0 Å². The number of halogens is 3. The van der Waals surface area contributed by atoms with E-state index in [4.69, 9.17) is 10.00 Å². The highest BCUT2D eigenvalue weighted by Gasteiger charge is 2.19. The van der Waals surface area contributed by atoms with Gasteiger partial charge in [0.15, 0.2) is 5.69 Å². The van der Waals surface area contributed by atoms with Crippen LogP contribution in [0.25, 0.3) is 0 Å². The van der Waals surface area contributed by atoms with Crippen molar-refractivity contribution in [2.45, 2.75) is 6.43 Å². The summed E-state index contributed by atoms with van der Waals surface area (Å²) in [6, 6.07) is 1.75. The van der Waals surface area contributed by atoms with Gasteiger partial charge in [-0.15, -0.1) is 0 Å². The fraction of sp³-hybridized carbons (Fsp3) is 0.250. The molecule has 0 N–H and O–H groups in total. The maximum atomic E-state index is 12.4. The van der Waals surface area contributed by atoms with E-state index >= 15 is 0 Å². The van der Waals surface area contributed by atoms with Crippen LogP contribution in [0.15, 0.2) is 10.7 Å². The first-order valence-electron chi connectivity index (χ1n) is 3.52. The van der Waals surface area contributed by atoms with Gasteiger partial charge >= 0.3 is 0 Å². The Bertz CT molecular complexity index is 390. The average Bonchev–Trinajstić information content (AvgIpc) is 2.17. The quantitative estimate of drug-likeness (QED) is 0.823. The predicted octanol–water partition coefficient (Wildman–Crippen LogP) is 2.66. The topological polar surface area (TPSA) is 45.9 Å². The molecule has 1 heterocycles. The van der Waals surface area contributed by atoms with Crippen LogP contribution in [0.5, 0.6) is 5.75 Å². The number of hydrogen-bond donors (Lipinski definition) is 0. The number of methoxy groups -OCH3 is 1. The summed E-state index contributed by atoms with van der Waals surface area (Å²) in [6.45, 7) is 0. The van der Waals surface area contributed by atoms with Gasteiger partial charge in [0.2, 0.25) is 0 Å². The number of nitriles is 1. The zero-order chi connectivity index (χ0) is 10.7. The average molecular weight is 263 g/mol. The molecule has 0 aromatic carbocycles. The number of nitrogens with zero attached hydrogens (tertiary/aromatic N) is 2. The van der Waals surface area contributed by atoms with Crippen molar-refractivity contribution in [2.75, 3.05) is 7.11 Å². The molecule has 0 spiro atoms. The standard InChI is InChI=1S/C8H5BrF2N2O/c1-14-7-4(8(10)11)3-13-5(2-12)6(7)9/h3,8H,1H3. The lowest BCUT2D eigenvalue weighted by Crippen LogP contribution is -1.97. The fourth-order valence-corrected chi connectivity index (χ4v) is 1.51. The minimum Gasteiger partial charge on any atom is -0.495 e. The van der Waals surface area contributed by atoms with E-state index in [1.807, 2.05) is 0 Å². The SMILES string of the molecule is COc1c(C(F)F)cnc(C#N)c1Br. The minimum atomic E-state index is -2.68. The molecule has 1 aromatic heterocycles. The van der Waals surface area contributed by atoms with E-state index in [2.05, 4.69) is 20.9 Å². The van der Waals surface area contributed by atoms with Gasteiger partial charge in [0.25, 0.3) is 6.43 Å². The van der Waals surface area contributed by atoms with Gasteiger partial charge in [-0.25, -0.2) is 13.8 Å². The van der Waals surface area contributed by atoms with Crippen molar-refractivity contribution < 1.29 is 13.5 Å². The van der Waals surface area contributed by atoms with Crippen molar-refractivity contribution in [1.82, 2.24) is 4.98 Å². The molecule has 0 aliphatic rings. The Balaban J connectivity index is 3.38. The highest BCUT2D eigenvalue weighted by Crippen LogP contribution is 2.35. The molecule has 0 unspecified atom stereocenters. The lowest BCUT2D eigenvalue weighted by molar-refractivity contribution is 0.146. The highest BCUT2D eigenvalue weighted by molar-refractivity contribution is 9.10. The van der Waals surface area contributed by atoms with Gasteiger partial charge in [-0.05, 0) is 15.9 Å². The van der Waals surface area contributed by atoms with Gasteiger partial charge in [-0.2, -0.15) is 5.26 Å². The number of alkyl halides is 2. The van der Waals surface area contributed by atoms with E-state index in [1.54, 1.807) is 6.07 Å². The lowest BCUT2D eigenvalue weighted by Gasteiger charge is -2.09. The summed E-state index contributed by atoms with van der Waals surface area (Å²) >= 11 is 2.98. The molecule has 0 aliphatic carbocycles. The van der Waals surface area contributed by atoms with Crippen molar-refractivity contribution >= 4 is 15.9 Å². The zero-order valence-corrected chi connectivity index (χ0v) is 8.68. The van der Waals surface area contributed by atoms with Crippen LogP contribution >= 0.6 is 15.9 Å². The van der Waals surface area contributed by atoms with E-state index < -0.39 is 6.43 Å². The molecule has 0 radical (unpaired) electrons. The summed E-state index contributed by atoms with van der Waals surface area (Å²) in [5.74, 6) is -0.0495. The second-order valence-corrected chi connectivity index (χ2v) is 3.11. The van der Waals surface area contributed by atoms with E-state index in [0.717, 1.165) is 6.20 Å². The van der Waals surface area contributed by atoms with Crippen molar-refractivity contribution in [3.8, 4) is 11.8 Å². The summed E-state index contributed by atoms with van der Waals surface area (Å²) in [6.07, 6.45) is -1.74. The molecular formula is C8H5BrF2N2O. The summed E-state index contributed by atoms with van der Waals surface area (Å²) in [4.78, 5) is 3.56. The van der Waals surface area contributed by atoms with Crippen LogP contribution in [0.1, 0.15) is 17.7 Å². The predicted molar refractivity (Wildman–Crippen MR) is 48.2 cm³/mol. The molecule has 0 aliphatic heterocycles. The molecule has 14 heavy (non-hydrogen) atoms.